The molecule has 0 saturated carbocycles. The second kappa shape index (κ2) is 10.3. The molecule has 0 bridgehead atoms. The van der Waals surface area contributed by atoms with Gasteiger partial charge in [0.2, 0.25) is 0 Å². The lowest BCUT2D eigenvalue weighted by atomic mass is 10.2. The lowest BCUT2D eigenvalue weighted by Crippen LogP contribution is -2.21. The first-order chi connectivity index (χ1) is 11.8. The van der Waals surface area contributed by atoms with Gasteiger partial charge in [0.25, 0.3) is 0 Å². The fourth-order valence-electron chi connectivity index (χ4n) is 2.25. The molecule has 0 heterocycles. The number of hydrogen-bond donors (Lipinski definition) is 2. The van der Waals surface area contributed by atoms with Crippen LogP contribution in [0.15, 0.2) is 60.7 Å². The Morgan fingerprint density at radius 3 is 1.46 bits per heavy atom. The van der Waals surface area contributed by atoms with E-state index in [2.05, 4.69) is 0 Å². The van der Waals surface area contributed by atoms with E-state index < -0.39 is 21.7 Å². The summed E-state index contributed by atoms with van der Waals surface area (Å²) in [6, 6.07) is 18.4. The Morgan fingerprint density at radius 2 is 1.12 bits per heavy atom. The molecule has 130 valence electrons. The average molecular weight is 350 g/mol. The number of benzene rings is 2. The van der Waals surface area contributed by atoms with E-state index in [9.17, 15) is 4.21 Å². The maximum absolute atomic E-state index is 13.2. The van der Waals surface area contributed by atoms with Gasteiger partial charge in [-0.1, -0.05) is 60.7 Å². The molecule has 0 saturated heterocycles. The van der Waals surface area contributed by atoms with E-state index in [1.54, 1.807) is 0 Å². The molecular weight excluding hydrogens is 328 g/mol. The van der Waals surface area contributed by atoms with Gasteiger partial charge in [-0.2, -0.15) is 0 Å². The van der Waals surface area contributed by atoms with Crippen molar-refractivity contribution in [2.24, 2.45) is 0 Å². The summed E-state index contributed by atoms with van der Waals surface area (Å²) in [6.07, 6.45) is 0. The molecule has 5 nitrogen and oxygen atoms in total. The van der Waals surface area contributed by atoms with Crippen LogP contribution in [-0.2, 0) is 20.3 Å². The largest absolute Gasteiger partial charge is 0.394 e. The van der Waals surface area contributed by atoms with Crippen LogP contribution in [0.5, 0.6) is 0 Å². The molecule has 0 spiro atoms. The van der Waals surface area contributed by atoms with Gasteiger partial charge in [-0.25, -0.2) is 0 Å². The van der Waals surface area contributed by atoms with Gasteiger partial charge in [0.15, 0.2) is 10.9 Å². The Balaban J connectivity index is 2.29. The fourth-order valence-corrected chi connectivity index (χ4v) is 3.78. The summed E-state index contributed by atoms with van der Waals surface area (Å²) in [5, 5.41) is 18.1. The van der Waals surface area contributed by atoms with Crippen molar-refractivity contribution in [2.75, 3.05) is 26.4 Å². The van der Waals surface area contributed by atoms with Crippen molar-refractivity contribution < 1.29 is 23.9 Å². The van der Waals surface area contributed by atoms with Gasteiger partial charge >= 0.3 is 0 Å². The average Bonchev–Trinajstić information content (AvgIpc) is 2.64. The predicted molar refractivity (Wildman–Crippen MR) is 92.6 cm³/mol. The monoisotopic (exact) mass is 350 g/mol. The zero-order chi connectivity index (χ0) is 17.2. The molecule has 0 fully saturated rings. The smallest absolute Gasteiger partial charge is 0.160 e. The zero-order valence-corrected chi connectivity index (χ0v) is 14.1. The predicted octanol–water partition coefficient (Wildman–Crippen LogP) is 2.15. The molecule has 2 rings (SSSR count). The second-order valence-corrected chi connectivity index (χ2v) is 6.52. The maximum atomic E-state index is 13.2. The number of aliphatic hydroxyl groups excluding tert-OH is 2. The van der Waals surface area contributed by atoms with Crippen LogP contribution in [0, 0.1) is 0 Å². The van der Waals surface area contributed by atoms with Gasteiger partial charge in [-0.05, 0) is 11.1 Å². The highest BCUT2D eigenvalue weighted by Gasteiger charge is 2.29. The second-order valence-electron chi connectivity index (χ2n) is 5.00. The van der Waals surface area contributed by atoms with Crippen LogP contribution >= 0.6 is 0 Å². The SMILES string of the molecule is O=S(C(OCCO)c1ccccc1)C(OCCO)c1ccccc1. The summed E-state index contributed by atoms with van der Waals surface area (Å²) in [5.41, 5.74) is 0.0279. The van der Waals surface area contributed by atoms with Gasteiger partial charge in [0.1, 0.15) is 0 Å². The standard InChI is InChI=1S/C18H22O5S/c19-11-13-22-17(15-7-3-1-4-8-15)24(21)18(23-14-12-20)16-9-5-2-6-10-16/h1-10,17-20H,11-14H2. The molecule has 0 radical (unpaired) electrons. The van der Waals surface area contributed by atoms with E-state index >= 15 is 0 Å². The van der Waals surface area contributed by atoms with Crippen LogP contribution in [0.3, 0.4) is 0 Å². The van der Waals surface area contributed by atoms with Crippen molar-refractivity contribution in [3.63, 3.8) is 0 Å². The Kier molecular flexibility index (Phi) is 8.07. The minimum atomic E-state index is -1.57. The molecule has 2 atom stereocenters. The van der Waals surface area contributed by atoms with Gasteiger partial charge in [0, 0.05) is 0 Å². The summed E-state index contributed by atoms with van der Waals surface area (Å²) in [6.45, 7) is -0.165. The van der Waals surface area contributed by atoms with E-state index in [1.807, 2.05) is 60.7 Å². The Morgan fingerprint density at radius 1 is 0.750 bits per heavy atom. The first kappa shape index (κ1) is 18.8. The van der Waals surface area contributed by atoms with E-state index in [4.69, 9.17) is 19.7 Å². The molecule has 24 heavy (non-hydrogen) atoms. The highest BCUT2D eigenvalue weighted by molar-refractivity contribution is 7.85. The lowest BCUT2D eigenvalue weighted by Gasteiger charge is -2.24. The van der Waals surface area contributed by atoms with E-state index in [1.165, 1.54) is 0 Å². The molecular formula is C18H22O5S. The van der Waals surface area contributed by atoms with Crippen molar-refractivity contribution in [1.82, 2.24) is 0 Å². The molecule has 2 aromatic carbocycles. The summed E-state index contributed by atoms with van der Waals surface area (Å²) in [4.78, 5) is 0. The van der Waals surface area contributed by atoms with Gasteiger partial charge in [-0.3, -0.25) is 4.21 Å². The molecule has 0 aliphatic rings. The normalized spacial score (nSPS) is 14.9. The topological polar surface area (TPSA) is 76.0 Å². The van der Waals surface area contributed by atoms with E-state index in [0.29, 0.717) is 0 Å². The van der Waals surface area contributed by atoms with Gasteiger partial charge in [-0.15, -0.1) is 0 Å². The fraction of sp³-hybridized carbons (Fsp3) is 0.333. The van der Waals surface area contributed by atoms with Gasteiger partial charge < -0.3 is 19.7 Å². The third-order valence-electron chi connectivity index (χ3n) is 3.29. The molecule has 2 unspecified atom stereocenters. The highest BCUT2D eigenvalue weighted by Crippen LogP contribution is 2.32. The number of rotatable bonds is 10. The quantitative estimate of drug-likeness (QED) is 0.687. The summed E-state index contributed by atoms with van der Waals surface area (Å²) in [5.74, 6) is 0. The summed E-state index contributed by atoms with van der Waals surface area (Å²) < 4.78 is 24.4. The maximum Gasteiger partial charge on any atom is 0.160 e. The van der Waals surface area contributed by atoms with Gasteiger partial charge in [0.05, 0.1) is 37.2 Å². The summed E-state index contributed by atoms with van der Waals surface area (Å²) in [7, 11) is -1.57. The highest BCUT2D eigenvalue weighted by atomic mass is 32.2. The van der Waals surface area contributed by atoms with Crippen molar-refractivity contribution in [2.45, 2.75) is 10.9 Å². The molecule has 0 amide bonds. The van der Waals surface area contributed by atoms with Crippen LogP contribution in [0.2, 0.25) is 0 Å². The van der Waals surface area contributed by atoms with E-state index in [0.717, 1.165) is 11.1 Å². The minimum Gasteiger partial charge on any atom is -0.394 e. The Bertz CT molecular complexity index is 552. The van der Waals surface area contributed by atoms with Crippen molar-refractivity contribution in [3.05, 3.63) is 71.8 Å². The Labute approximate surface area is 144 Å². The lowest BCUT2D eigenvalue weighted by molar-refractivity contribution is 0.0543. The summed E-state index contributed by atoms with van der Waals surface area (Å²) >= 11 is 0. The minimum absolute atomic E-state index is 0.0762. The first-order valence-electron chi connectivity index (χ1n) is 7.72. The van der Waals surface area contributed by atoms with Crippen molar-refractivity contribution in [3.8, 4) is 0 Å². The third-order valence-corrected chi connectivity index (χ3v) is 4.95. The Hall–Kier alpha value is -1.57. The van der Waals surface area contributed by atoms with Crippen molar-refractivity contribution >= 4 is 10.8 Å². The van der Waals surface area contributed by atoms with Crippen LogP contribution in [0.4, 0.5) is 0 Å². The van der Waals surface area contributed by atoms with Crippen LogP contribution in [-0.4, -0.2) is 40.8 Å². The molecule has 0 aromatic heterocycles. The molecule has 2 N–H and O–H groups in total. The third kappa shape index (κ3) is 5.22. The molecule has 0 aliphatic heterocycles. The van der Waals surface area contributed by atoms with Crippen LogP contribution in [0.1, 0.15) is 22.0 Å². The zero-order valence-electron chi connectivity index (χ0n) is 13.3. The molecule has 2 aromatic rings. The first-order valence-corrected chi connectivity index (χ1v) is 8.99. The van der Waals surface area contributed by atoms with Crippen LogP contribution in [0.25, 0.3) is 0 Å². The van der Waals surface area contributed by atoms with Crippen molar-refractivity contribution in [1.29, 1.82) is 0 Å². The van der Waals surface area contributed by atoms with E-state index in [-0.39, 0.29) is 26.4 Å². The molecule has 6 heteroatoms. The number of hydrogen-bond acceptors (Lipinski definition) is 5. The number of aliphatic hydroxyl groups is 2. The number of ether oxygens (including phenoxy) is 2. The molecule has 0 aliphatic carbocycles. The van der Waals surface area contributed by atoms with Crippen LogP contribution < -0.4 is 0 Å².